The van der Waals surface area contributed by atoms with E-state index in [0.29, 0.717) is 28.2 Å². The number of aliphatic hydroxyl groups is 1. The van der Waals surface area contributed by atoms with Crippen molar-refractivity contribution >= 4 is 17.4 Å². The smallest absolute Gasteiger partial charge is 0.129 e. The van der Waals surface area contributed by atoms with Crippen LogP contribution in [0.15, 0.2) is 12.3 Å². The number of hydrogen-bond donors (Lipinski definition) is 2. The molecule has 0 spiro atoms. The van der Waals surface area contributed by atoms with Crippen LogP contribution in [0.4, 0.5) is 5.82 Å². The van der Waals surface area contributed by atoms with Crippen molar-refractivity contribution in [3.8, 4) is 0 Å². The Kier molecular flexibility index (Phi) is 3.32. The van der Waals surface area contributed by atoms with Crippen molar-refractivity contribution in [1.82, 2.24) is 4.98 Å². The van der Waals surface area contributed by atoms with Crippen LogP contribution in [-0.4, -0.2) is 10.1 Å². The molecular formula is C13H19ClN2O. The molecular weight excluding hydrogens is 236 g/mol. The maximum Gasteiger partial charge on any atom is 0.129 e. The second kappa shape index (κ2) is 4.46. The molecule has 0 saturated heterocycles. The lowest BCUT2D eigenvalue weighted by Gasteiger charge is -2.39. The third-order valence-electron chi connectivity index (χ3n) is 3.56. The number of nitrogens with zero attached hydrogens (tertiary/aromatic N) is 1. The van der Waals surface area contributed by atoms with E-state index >= 15 is 0 Å². The molecule has 1 aliphatic rings. The zero-order valence-corrected chi connectivity index (χ0v) is 11.0. The second-order valence-electron chi connectivity index (χ2n) is 5.47. The number of nitrogens with two attached hydrogens (primary N) is 1. The highest BCUT2D eigenvalue weighted by Crippen LogP contribution is 2.44. The Hall–Kier alpha value is -0.800. The lowest BCUT2D eigenvalue weighted by molar-refractivity contribution is -0.0358. The molecule has 1 heterocycles. The molecule has 4 heteroatoms. The lowest BCUT2D eigenvalue weighted by Crippen LogP contribution is -2.36. The van der Waals surface area contributed by atoms with E-state index in [1.165, 1.54) is 6.20 Å². The monoisotopic (exact) mass is 254 g/mol. The zero-order valence-electron chi connectivity index (χ0n) is 10.3. The largest absolute Gasteiger partial charge is 0.385 e. The van der Waals surface area contributed by atoms with Crippen LogP contribution in [0.2, 0.25) is 5.02 Å². The van der Waals surface area contributed by atoms with Gasteiger partial charge in [-0.1, -0.05) is 25.4 Å². The first-order valence-electron chi connectivity index (χ1n) is 6.04. The van der Waals surface area contributed by atoms with Crippen LogP contribution >= 0.6 is 11.6 Å². The summed E-state index contributed by atoms with van der Waals surface area (Å²) in [7, 11) is 0. The fraction of sp³-hybridized carbons (Fsp3) is 0.615. The predicted octanol–water partition coefficient (Wildman–Crippen LogP) is 2.96. The molecule has 94 valence electrons. The van der Waals surface area contributed by atoms with Crippen LogP contribution in [0, 0.1) is 11.8 Å². The molecule has 0 amide bonds. The Morgan fingerprint density at radius 3 is 2.59 bits per heavy atom. The first-order chi connectivity index (χ1) is 7.90. The van der Waals surface area contributed by atoms with E-state index in [-0.39, 0.29) is 0 Å². The first kappa shape index (κ1) is 12.7. The standard InChI is InChI=1S/C13H19ClN2O/c1-8-3-9(2)6-13(17,5-8)11-4-10(14)7-16-12(11)15/h4,7-9,17H,3,5-6H2,1-2H3,(H2,15,16). The number of anilines is 1. The summed E-state index contributed by atoms with van der Waals surface area (Å²) >= 11 is 5.94. The van der Waals surface area contributed by atoms with Crippen molar-refractivity contribution in [3.63, 3.8) is 0 Å². The van der Waals surface area contributed by atoms with E-state index in [4.69, 9.17) is 17.3 Å². The number of pyridine rings is 1. The summed E-state index contributed by atoms with van der Waals surface area (Å²) in [6.45, 7) is 4.32. The molecule has 0 bridgehead atoms. The minimum absolute atomic E-state index is 0.387. The average molecular weight is 255 g/mol. The fourth-order valence-electron chi connectivity index (χ4n) is 3.13. The van der Waals surface area contributed by atoms with Gasteiger partial charge in [-0.25, -0.2) is 4.98 Å². The molecule has 0 radical (unpaired) electrons. The molecule has 0 aliphatic heterocycles. The molecule has 3 N–H and O–H groups in total. The average Bonchev–Trinajstić information content (AvgIpc) is 2.19. The molecule has 1 aromatic rings. The van der Waals surface area contributed by atoms with Crippen molar-refractivity contribution in [3.05, 3.63) is 22.8 Å². The van der Waals surface area contributed by atoms with Gasteiger partial charge in [0.25, 0.3) is 0 Å². The van der Waals surface area contributed by atoms with Gasteiger partial charge in [-0.05, 0) is 37.2 Å². The summed E-state index contributed by atoms with van der Waals surface area (Å²) in [5.41, 5.74) is 5.67. The molecule has 2 rings (SSSR count). The van der Waals surface area contributed by atoms with E-state index in [9.17, 15) is 5.11 Å². The maximum absolute atomic E-state index is 10.8. The quantitative estimate of drug-likeness (QED) is 0.810. The van der Waals surface area contributed by atoms with Crippen molar-refractivity contribution in [1.29, 1.82) is 0 Å². The zero-order chi connectivity index (χ0) is 12.6. The van der Waals surface area contributed by atoms with E-state index < -0.39 is 5.60 Å². The molecule has 1 saturated carbocycles. The fourth-order valence-corrected chi connectivity index (χ4v) is 3.29. The SMILES string of the molecule is CC1CC(C)CC(O)(c2cc(Cl)cnc2N)C1. The summed E-state index contributed by atoms with van der Waals surface area (Å²) in [4.78, 5) is 4.03. The third kappa shape index (κ3) is 2.55. The molecule has 17 heavy (non-hydrogen) atoms. The van der Waals surface area contributed by atoms with Gasteiger partial charge in [0.1, 0.15) is 5.82 Å². The Labute approximate surface area is 107 Å². The first-order valence-corrected chi connectivity index (χ1v) is 6.42. The summed E-state index contributed by atoms with van der Waals surface area (Å²) in [6.07, 6.45) is 4.11. The summed E-state index contributed by atoms with van der Waals surface area (Å²) in [5, 5.41) is 11.3. The summed E-state index contributed by atoms with van der Waals surface area (Å²) < 4.78 is 0. The highest BCUT2D eigenvalue weighted by molar-refractivity contribution is 6.30. The van der Waals surface area contributed by atoms with E-state index in [1.807, 2.05) is 0 Å². The number of rotatable bonds is 1. The van der Waals surface area contributed by atoms with Crippen molar-refractivity contribution in [2.45, 2.75) is 38.7 Å². The Morgan fingerprint density at radius 2 is 2.00 bits per heavy atom. The van der Waals surface area contributed by atoms with E-state index in [1.54, 1.807) is 6.07 Å². The Bertz CT molecular complexity index is 412. The highest BCUT2D eigenvalue weighted by Gasteiger charge is 2.39. The van der Waals surface area contributed by atoms with Crippen molar-refractivity contribution in [2.24, 2.45) is 11.8 Å². The molecule has 1 aromatic heterocycles. The summed E-state index contributed by atoms with van der Waals surface area (Å²) in [5.74, 6) is 1.36. The number of hydrogen-bond acceptors (Lipinski definition) is 3. The van der Waals surface area contributed by atoms with Crippen LogP contribution in [0.25, 0.3) is 0 Å². The number of aromatic nitrogens is 1. The van der Waals surface area contributed by atoms with Gasteiger partial charge in [0.2, 0.25) is 0 Å². The third-order valence-corrected chi connectivity index (χ3v) is 3.77. The predicted molar refractivity (Wildman–Crippen MR) is 69.7 cm³/mol. The van der Waals surface area contributed by atoms with Gasteiger partial charge in [-0.2, -0.15) is 0 Å². The van der Waals surface area contributed by atoms with Crippen LogP contribution in [-0.2, 0) is 5.60 Å². The molecule has 2 unspecified atom stereocenters. The number of halogens is 1. The minimum Gasteiger partial charge on any atom is -0.385 e. The van der Waals surface area contributed by atoms with Crippen molar-refractivity contribution < 1.29 is 5.11 Å². The second-order valence-corrected chi connectivity index (χ2v) is 5.91. The van der Waals surface area contributed by atoms with Gasteiger partial charge < -0.3 is 10.8 Å². The van der Waals surface area contributed by atoms with Crippen LogP contribution in [0.3, 0.4) is 0 Å². The van der Waals surface area contributed by atoms with Gasteiger partial charge >= 0.3 is 0 Å². The molecule has 3 nitrogen and oxygen atoms in total. The van der Waals surface area contributed by atoms with Crippen molar-refractivity contribution in [2.75, 3.05) is 5.73 Å². The van der Waals surface area contributed by atoms with Gasteiger partial charge in [0.15, 0.2) is 0 Å². The van der Waals surface area contributed by atoms with Crippen LogP contribution in [0.1, 0.15) is 38.7 Å². The normalized spacial score (nSPS) is 33.6. The minimum atomic E-state index is -0.876. The summed E-state index contributed by atoms with van der Waals surface area (Å²) in [6, 6.07) is 1.74. The molecule has 0 aromatic carbocycles. The topological polar surface area (TPSA) is 59.1 Å². The van der Waals surface area contributed by atoms with Crippen LogP contribution in [0.5, 0.6) is 0 Å². The van der Waals surface area contributed by atoms with Crippen LogP contribution < -0.4 is 5.73 Å². The van der Waals surface area contributed by atoms with Gasteiger partial charge in [-0.15, -0.1) is 0 Å². The van der Waals surface area contributed by atoms with E-state index in [2.05, 4.69) is 18.8 Å². The van der Waals surface area contributed by atoms with Gasteiger partial charge in [0.05, 0.1) is 10.6 Å². The van der Waals surface area contributed by atoms with E-state index in [0.717, 1.165) is 19.3 Å². The molecule has 1 aliphatic carbocycles. The highest BCUT2D eigenvalue weighted by atomic mass is 35.5. The maximum atomic E-state index is 10.8. The Morgan fingerprint density at radius 1 is 1.41 bits per heavy atom. The molecule has 2 atom stereocenters. The Balaban J connectivity index is 2.39. The molecule has 1 fully saturated rings. The van der Waals surface area contributed by atoms with Gasteiger partial charge in [-0.3, -0.25) is 0 Å². The number of nitrogen functional groups attached to an aromatic ring is 1. The van der Waals surface area contributed by atoms with Gasteiger partial charge in [0, 0.05) is 11.8 Å². The lowest BCUT2D eigenvalue weighted by atomic mass is 9.71.